The van der Waals surface area contributed by atoms with Crippen LogP contribution in [0.3, 0.4) is 0 Å². The van der Waals surface area contributed by atoms with Gasteiger partial charge in [0.2, 0.25) is 0 Å². The summed E-state index contributed by atoms with van der Waals surface area (Å²) < 4.78 is 28.0. The zero-order valence-corrected chi connectivity index (χ0v) is 11.0. The van der Waals surface area contributed by atoms with E-state index in [0.717, 1.165) is 0 Å². The third kappa shape index (κ3) is 3.52. The molecule has 0 aliphatic rings. The second kappa shape index (κ2) is 5.23. The van der Waals surface area contributed by atoms with Gasteiger partial charge < -0.3 is 5.11 Å². The second-order valence-electron chi connectivity index (χ2n) is 3.47. The summed E-state index contributed by atoms with van der Waals surface area (Å²) in [6, 6.07) is 1.40. The predicted molar refractivity (Wildman–Crippen MR) is 62.1 cm³/mol. The van der Waals surface area contributed by atoms with E-state index >= 15 is 0 Å². The van der Waals surface area contributed by atoms with Crippen molar-refractivity contribution in [2.24, 2.45) is 0 Å². The molecule has 0 fully saturated rings. The lowest BCUT2D eigenvalue weighted by atomic mass is 10.0. The lowest BCUT2D eigenvalue weighted by Gasteiger charge is -2.15. The molecule has 6 heteroatoms. The monoisotopic (exact) mass is 312 g/mol. The van der Waals surface area contributed by atoms with E-state index in [1.165, 1.54) is 17.4 Å². The van der Waals surface area contributed by atoms with Gasteiger partial charge in [-0.3, -0.25) is 4.79 Å². The summed E-state index contributed by atoms with van der Waals surface area (Å²) in [5, 5.41) is 8.39. The molecule has 1 heterocycles. The van der Waals surface area contributed by atoms with E-state index in [1.54, 1.807) is 6.92 Å². The van der Waals surface area contributed by atoms with Crippen molar-refractivity contribution in [2.75, 3.05) is 0 Å². The van der Waals surface area contributed by atoms with Crippen molar-refractivity contribution in [3.8, 4) is 0 Å². The third-order valence-corrected chi connectivity index (χ3v) is 3.72. The van der Waals surface area contributed by atoms with E-state index in [4.69, 9.17) is 5.11 Å². The number of carboxylic acids is 1. The summed E-state index contributed by atoms with van der Waals surface area (Å²) in [7, 11) is 0. The first-order chi connectivity index (χ1) is 7.33. The molecule has 0 bridgehead atoms. The average molecular weight is 313 g/mol. The molecule has 16 heavy (non-hydrogen) atoms. The van der Waals surface area contributed by atoms with Crippen LogP contribution in [-0.2, 0) is 10.7 Å². The predicted octanol–water partition coefficient (Wildman–Crippen LogP) is 4.17. The van der Waals surface area contributed by atoms with E-state index in [0.29, 0.717) is 8.66 Å². The van der Waals surface area contributed by atoms with Crippen LogP contribution >= 0.6 is 27.3 Å². The maximum absolute atomic E-state index is 13.7. The quantitative estimate of drug-likeness (QED) is 0.886. The largest absolute Gasteiger partial charge is 0.481 e. The smallest absolute Gasteiger partial charge is 0.303 e. The normalized spacial score (nSPS) is 11.8. The SMILES string of the molecule is Cc1sc(Br)cc1C(F)(F)CCCC(=O)O. The highest BCUT2D eigenvalue weighted by Gasteiger charge is 2.33. The summed E-state index contributed by atoms with van der Waals surface area (Å²) in [6.07, 6.45) is -0.668. The first-order valence-electron chi connectivity index (χ1n) is 4.69. The molecule has 0 aliphatic carbocycles. The van der Waals surface area contributed by atoms with Crippen LogP contribution in [-0.4, -0.2) is 11.1 Å². The van der Waals surface area contributed by atoms with Crippen molar-refractivity contribution in [1.82, 2.24) is 0 Å². The van der Waals surface area contributed by atoms with E-state index < -0.39 is 18.3 Å². The third-order valence-electron chi connectivity index (χ3n) is 2.16. The average Bonchev–Trinajstić information content (AvgIpc) is 2.44. The van der Waals surface area contributed by atoms with Crippen molar-refractivity contribution in [1.29, 1.82) is 0 Å². The number of hydrogen-bond donors (Lipinski definition) is 1. The van der Waals surface area contributed by atoms with E-state index in [1.807, 2.05) is 0 Å². The Hall–Kier alpha value is -0.490. The fourth-order valence-electron chi connectivity index (χ4n) is 1.41. The molecule has 1 rings (SSSR count). The number of alkyl halides is 2. The minimum atomic E-state index is -2.94. The summed E-state index contributed by atoms with van der Waals surface area (Å²) >= 11 is 4.41. The van der Waals surface area contributed by atoms with Gasteiger partial charge in [0.05, 0.1) is 3.79 Å². The van der Waals surface area contributed by atoms with Gasteiger partial charge in [-0.2, -0.15) is 0 Å². The van der Waals surface area contributed by atoms with E-state index in [2.05, 4.69) is 15.9 Å². The molecule has 1 aromatic heterocycles. The fraction of sp³-hybridized carbons (Fsp3) is 0.500. The lowest BCUT2D eigenvalue weighted by Crippen LogP contribution is -2.14. The highest BCUT2D eigenvalue weighted by molar-refractivity contribution is 9.11. The van der Waals surface area contributed by atoms with Crippen LogP contribution in [0.5, 0.6) is 0 Å². The molecule has 0 saturated heterocycles. The lowest BCUT2D eigenvalue weighted by molar-refractivity contribution is -0.137. The summed E-state index contributed by atoms with van der Waals surface area (Å²) in [5.74, 6) is -3.98. The van der Waals surface area contributed by atoms with E-state index in [9.17, 15) is 13.6 Å². The number of carbonyl (C=O) groups is 1. The molecule has 0 aromatic carbocycles. The molecular weight excluding hydrogens is 302 g/mol. The Morgan fingerprint density at radius 3 is 2.69 bits per heavy atom. The number of aryl methyl sites for hydroxylation is 1. The fourth-order valence-corrected chi connectivity index (χ4v) is 3.15. The Kier molecular flexibility index (Phi) is 4.43. The minimum absolute atomic E-state index is 0.00485. The van der Waals surface area contributed by atoms with Gasteiger partial charge in [0, 0.05) is 23.3 Å². The molecule has 0 aliphatic heterocycles. The number of thiophene rings is 1. The molecule has 90 valence electrons. The van der Waals surface area contributed by atoms with Crippen molar-refractivity contribution in [3.63, 3.8) is 0 Å². The summed E-state index contributed by atoms with van der Waals surface area (Å²) in [4.78, 5) is 10.8. The Balaban J connectivity index is 2.69. The van der Waals surface area contributed by atoms with Gasteiger partial charge in [-0.15, -0.1) is 11.3 Å². The van der Waals surface area contributed by atoms with Gasteiger partial charge in [-0.05, 0) is 35.3 Å². The van der Waals surface area contributed by atoms with Gasteiger partial charge in [-0.25, -0.2) is 8.78 Å². The van der Waals surface area contributed by atoms with Gasteiger partial charge >= 0.3 is 5.97 Å². The van der Waals surface area contributed by atoms with Gasteiger partial charge in [0.15, 0.2) is 0 Å². The zero-order valence-electron chi connectivity index (χ0n) is 8.60. The number of carboxylic acid groups (broad SMARTS) is 1. The standard InChI is InChI=1S/C10H11BrF2O2S/c1-6-7(5-8(11)16-6)10(12,13)4-2-3-9(14)15/h5H,2-4H2,1H3,(H,14,15). The van der Waals surface area contributed by atoms with Gasteiger partial charge in [-0.1, -0.05) is 0 Å². The molecule has 1 aromatic rings. The highest BCUT2D eigenvalue weighted by atomic mass is 79.9. The molecule has 0 saturated carbocycles. The topological polar surface area (TPSA) is 37.3 Å². The molecule has 0 atom stereocenters. The Morgan fingerprint density at radius 1 is 1.62 bits per heavy atom. The van der Waals surface area contributed by atoms with Crippen LogP contribution in [0.25, 0.3) is 0 Å². The zero-order chi connectivity index (χ0) is 12.3. The van der Waals surface area contributed by atoms with Crippen LogP contribution in [0.1, 0.15) is 29.7 Å². The Bertz CT molecular complexity index is 390. The molecule has 1 N–H and O–H groups in total. The molecule has 0 amide bonds. The van der Waals surface area contributed by atoms with Crippen LogP contribution in [0.15, 0.2) is 9.85 Å². The molecule has 0 radical (unpaired) electrons. The van der Waals surface area contributed by atoms with Crippen LogP contribution in [0.2, 0.25) is 0 Å². The van der Waals surface area contributed by atoms with Crippen molar-refractivity contribution in [2.45, 2.75) is 32.1 Å². The Morgan fingerprint density at radius 2 is 2.25 bits per heavy atom. The van der Waals surface area contributed by atoms with Crippen molar-refractivity contribution < 1.29 is 18.7 Å². The van der Waals surface area contributed by atoms with Crippen LogP contribution in [0, 0.1) is 6.92 Å². The molecule has 0 unspecified atom stereocenters. The molecule has 0 spiro atoms. The van der Waals surface area contributed by atoms with Crippen LogP contribution < -0.4 is 0 Å². The van der Waals surface area contributed by atoms with Gasteiger partial charge in [0.25, 0.3) is 5.92 Å². The minimum Gasteiger partial charge on any atom is -0.481 e. The number of aliphatic carboxylic acids is 1. The number of rotatable bonds is 5. The maximum Gasteiger partial charge on any atom is 0.303 e. The second-order valence-corrected chi connectivity index (χ2v) is 6.11. The van der Waals surface area contributed by atoms with Crippen molar-refractivity contribution in [3.05, 3.63) is 20.3 Å². The highest BCUT2D eigenvalue weighted by Crippen LogP contribution is 2.40. The van der Waals surface area contributed by atoms with Crippen LogP contribution in [0.4, 0.5) is 8.78 Å². The van der Waals surface area contributed by atoms with Crippen molar-refractivity contribution >= 4 is 33.2 Å². The summed E-state index contributed by atoms with van der Waals surface area (Å²) in [6.45, 7) is 1.63. The summed E-state index contributed by atoms with van der Waals surface area (Å²) in [5.41, 5.74) is -0.00485. The maximum atomic E-state index is 13.7. The number of hydrogen-bond acceptors (Lipinski definition) is 2. The first-order valence-corrected chi connectivity index (χ1v) is 6.30. The number of halogens is 3. The molecular formula is C10H11BrF2O2S. The Labute approximate surface area is 104 Å². The first kappa shape index (κ1) is 13.6. The van der Waals surface area contributed by atoms with Gasteiger partial charge in [0.1, 0.15) is 0 Å². The van der Waals surface area contributed by atoms with E-state index in [-0.39, 0.29) is 18.4 Å². The molecule has 2 nitrogen and oxygen atoms in total.